The SMILES string of the molecule is CCNC(=NCCNC(=O)c1ccco1)N1CCN(C(=O)c2ccco2)CC1.I. The Morgan fingerprint density at radius 3 is 2.21 bits per heavy atom. The van der Waals surface area contributed by atoms with E-state index < -0.39 is 0 Å². The molecule has 9 nitrogen and oxygen atoms in total. The maximum absolute atomic E-state index is 12.4. The van der Waals surface area contributed by atoms with Gasteiger partial charge in [0.1, 0.15) is 0 Å². The number of nitrogens with zero attached hydrogens (tertiary/aromatic N) is 3. The molecule has 0 unspecified atom stereocenters. The van der Waals surface area contributed by atoms with Gasteiger partial charge in [-0.25, -0.2) is 0 Å². The number of piperazine rings is 1. The Morgan fingerprint density at radius 2 is 1.62 bits per heavy atom. The van der Waals surface area contributed by atoms with Crippen LogP contribution in [0.25, 0.3) is 0 Å². The van der Waals surface area contributed by atoms with Crippen LogP contribution >= 0.6 is 24.0 Å². The summed E-state index contributed by atoms with van der Waals surface area (Å²) in [6.07, 6.45) is 2.97. The lowest BCUT2D eigenvalue weighted by atomic mass is 10.3. The summed E-state index contributed by atoms with van der Waals surface area (Å²) in [4.78, 5) is 32.7. The van der Waals surface area contributed by atoms with Crippen molar-refractivity contribution >= 4 is 41.8 Å². The first-order chi connectivity index (χ1) is 13.7. The molecule has 1 fully saturated rings. The Kier molecular flexibility index (Phi) is 9.03. The fraction of sp³-hybridized carbons (Fsp3) is 0.421. The highest BCUT2D eigenvalue weighted by Gasteiger charge is 2.25. The molecule has 10 heteroatoms. The summed E-state index contributed by atoms with van der Waals surface area (Å²) in [5, 5.41) is 6.04. The molecule has 0 atom stereocenters. The van der Waals surface area contributed by atoms with Crippen molar-refractivity contribution in [3.8, 4) is 0 Å². The van der Waals surface area contributed by atoms with E-state index in [2.05, 4.69) is 20.5 Å². The van der Waals surface area contributed by atoms with Crippen LogP contribution in [0.5, 0.6) is 0 Å². The van der Waals surface area contributed by atoms with E-state index in [-0.39, 0.29) is 41.6 Å². The second-order valence-electron chi connectivity index (χ2n) is 6.23. The first kappa shape index (κ1) is 22.8. The van der Waals surface area contributed by atoms with Gasteiger partial charge in [0.15, 0.2) is 17.5 Å². The smallest absolute Gasteiger partial charge is 0.289 e. The van der Waals surface area contributed by atoms with Crippen LogP contribution in [0.3, 0.4) is 0 Å². The molecule has 2 aromatic heterocycles. The zero-order valence-corrected chi connectivity index (χ0v) is 18.6. The molecule has 158 valence electrons. The monoisotopic (exact) mass is 515 g/mol. The van der Waals surface area contributed by atoms with E-state index in [1.807, 2.05) is 6.92 Å². The van der Waals surface area contributed by atoms with Crippen LogP contribution in [0.15, 0.2) is 50.6 Å². The standard InChI is InChI=1S/C19H25N5O4.HI/c1-2-20-19(22-8-7-21-17(25)15-5-3-13-27-15)24-11-9-23(10-12-24)18(26)16-6-4-14-28-16;/h3-6,13-14H,2,7-12H2,1H3,(H,20,22)(H,21,25);1H. The van der Waals surface area contributed by atoms with E-state index >= 15 is 0 Å². The minimum Gasteiger partial charge on any atom is -0.459 e. The van der Waals surface area contributed by atoms with Gasteiger partial charge in [-0.1, -0.05) is 0 Å². The average Bonchev–Trinajstić information content (AvgIpc) is 3.44. The highest BCUT2D eigenvalue weighted by molar-refractivity contribution is 14.0. The molecule has 29 heavy (non-hydrogen) atoms. The Hall–Kier alpha value is -2.50. The van der Waals surface area contributed by atoms with Crippen molar-refractivity contribution < 1.29 is 18.4 Å². The van der Waals surface area contributed by atoms with E-state index in [1.165, 1.54) is 12.5 Å². The number of furan rings is 2. The lowest BCUT2D eigenvalue weighted by Gasteiger charge is -2.36. The Morgan fingerprint density at radius 1 is 1.00 bits per heavy atom. The highest BCUT2D eigenvalue weighted by Crippen LogP contribution is 2.09. The predicted molar refractivity (Wildman–Crippen MR) is 119 cm³/mol. The molecule has 0 aliphatic carbocycles. The van der Waals surface area contributed by atoms with Gasteiger partial charge in [-0.15, -0.1) is 24.0 Å². The second kappa shape index (κ2) is 11.5. The molecular formula is C19H26IN5O4. The van der Waals surface area contributed by atoms with Crippen molar-refractivity contribution in [3.05, 3.63) is 48.3 Å². The van der Waals surface area contributed by atoms with Crippen molar-refractivity contribution in [3.63, 3.8) is 0 Å². The van der Waals surface area contributed by atoms with Crippen LogP contribution < -0.4 is 10.6 Å². The molecule has 2 N–H and O–H groups in total. The van der Waals surface area contributed by atoms with E-state index in [4.69, 9.17) is 8.83 Å². The Labute approximate surface area is 186 Å². The number of nitrogens with one attached hydrogen (secondary N) is 2. The van der Waals surface area contributed by atoms with Crippen LogP contribution in [-0.4, -0.2) is 73.4 Å². The number of carbonyl (C=O) groups is 2. The Balaban J connectivity index is 0.00000300. The van der Waals surface area contributed by atoms with Crippen molar-refractivity contribution in [1.82, 2.24) is 20.4 Å². The lowest BCUT2D eigenvalue weighted by Crippen LogP contribution is -2.53. The molecule has 2 amide bonds. The number of carbonyl (C=O) groups excluding carboxylic acids is 2. The van der Waals surface area contributed by atoms with Crippen LogP contribution in [-0.2, 0) is 0 Å². The number of aliphatic imine (C=N–C) groups is 1. The number of rotatable bonds is 6. The number of amides is 2. The molecule has 0 saturated carbocycles. The van der Waals surface area contributed by atoms with E-state index in [1.54, 1.807) is 29.2 Å². The van der Waals surface area contributed by atoms with Crippen molar-refractivity contribution in [1.29, 1.82) is 0 Å². The fourth-order valence-corrected chi connectivity index (χ4v) is 2.93. The predicted octanol–water partition coefficient (Wildman–Crippen LogP) is 1.64. The van der Waals surface area contributed by atoms with Crippen molar-refractivity contribution in [2.75, 3.05) is 45.8 Å². The molecule has 0 spiro atoms. The van der Waals surface area contributed by atoms with Crippen LogP contribution in [0.4, 0.5) is 0 Å². The molecule has 1 saturated heterocycles. The summed E-state index contributed by atoms with van der Waals surface area (Å²) in [5.74, 6) is 1.08. The third-order valence-corrected chi connectivity index (χ3v) is 4.34. The summed E-state index contributed by atoms with van der Waals surface area (Å²) in [6, 6.07) is 6.68. The second-order valence-corrected chi connectivity index (χ2v) is 6.23. The molecule has 2 aromatic rings. The normalized spacial score (nSPS) is 14.3. The quantitative estimate of drug-likeness (QED) is 0.263. The van der Waals surface area contributed by atoms with E-state index in [0.29, 0.717) is 45.0 Å². The maximum Gasteiger partial charge on any atom is 0.289 e. The summed E-state index contributed by atoms with van der Waals surface area (Å²) >= 11 is 0. The zero-order valence-electron chi connectivity index (χ0n) is 16.3. The topological polar surface area (TPSA) is 103 Å². The molecular weight excluding hydrogens is 489 g/mol. The van der Waals surface area contributed by atoms with Crippen LogP contribution in [0.2, 0.25) is 0 Å². The average molecular weight is 515 g/mol. The summed E-state index contributed by atoms with van der Waals surface area (Å²) in [6.45, 7) is 6.14. The molecule has 3 heterocycles. The van der Waals surface area contributed by atoms with Gasteiger partial charge in [0, 0.05) is 39.3 Å². The number of hydrogen-bond acceptors (Lipinski definition) is 5. The summed E-state index contributed by atoms with van der Waals surface area (Å²) < 4.78 is 10.2. The minimum absolute atomic E-state index is 0. The van der Waals surface area contributed by atoms with E-state index in [0.717, 1.165) is 12.5 Å². The third-order valence-electron chi connectivity index (χ3n) is 4.34. The fourth-order valence-electron chi connectivity index (χ4n) is 2.93. The first-order valence-electron chi connectivity index (χ1n) is 9.36. The minimum atomic E-state index is -0.254. The Bertz CT molecular complexity index is 784. The third kappa shape index (κ3) is 6.24. The van der Waals surface area contributed by atoms with Gasteiger partial charge >= 0.3 is 0 Å². The lowest BCUT2D eigenvalue weighted by molar-refractivity contribution is 0.0657. The molecule has 1 aliphatic heterocycles. The van der Waals surface area contributed by atoms with Gasteiger partial charge in [0.25, 0.3) is 11.8 Å². The van der Waals surface area contributed by atoms with Gasteiger partial charge in [0.2, 0.25) is 0 Å². The molecule has 1 aliphatic rings. The van der Waals surface area contributed by atoms with E-state index in [9.17, 15) is 9.59 Å². The highest BCUT2D eigenvalue weighted by atomic mass is 127. The summed E-state index contributed by atoms with van der Waals surface area (Å²) in [7, 11) is 0. The van der Waals surface area contributed by atoms with Gasteiger partial charge in [-0.3, -0.25) is 14.6 Å². The van der Waals surface area contributed by atoms with Gasteiger partial charge < -0.3 is 29.3 Å². The summed E-state index contributed by atoms with van der Waals surface area (Å²) in [5.41, 5.74) is 0. The number of hydrogen-bond donors (Lipinski definition) is 2. The number of halogens is 1. The maximum atomic E-state index is 12.4. The molecule has 0 aromatic carbocycles. The van der Waals surface area contributed by atoms with Gasteiger partial charge in [0.05, 0.1) is 19.1 Å². The zero-order chi connectivity index (χ0) is 19.8. The molecule has 0 bridgehead atoms. The molecule has 3 rings (SSSR count). The molecule has 0 radical (unpaired) electrons. The van der Waals surface area contributed by atoms with Crippen LogP contribution in [0, 0.1) is 0 Å². The van der Waals surface area contributed by atoms with Crippen LogP contribution in [0.1, 0.15) is 28.0 Å². The van der Waals surface area contributed by atoms with Crippen molar-refractivity contribution in [2.24, 2.45) is 4.99 Å². The first-order valence-corrected chi connectivity index (χ1v) is 9.36. The van der Waals surface area contributed by atoms with Gasteiger partial charge in [-0.2, -0.15) is 0 Å². The number of guanidine groups is 1. The van der Waals surface area contributed by atoms with Gasteiger partial charge in [-0.05, 0) is 31.2 Å². The van der Waals surface area contributed by atoms with Crippen molar-refractivity contribution in [2.45, 2.75) is 6.92 Å². The largest absolute Gasteiger partial charge is 0.459 e.